The maximum atomic E-state index is 12.4. The van der Waals surface area contributed by atoms with Crippen LogP contribution in [0.4, 0.5) is 0 Å². The van der Waals surface area contributed by atoms with Crippen molar-refractivity contribution in [2.75, 3.05) is 7.11 Å². The highest BCUT2D eigenvalue weighted by Crippen LogP contribution is 2.28. The van der Waals surface area contributed by atoms with Crippen LogP contribution in [0.15, 0.2) is 18.2 Å². The van der Waals surface area contributed by atoms with Gasteiger partial charge in [-0.3, -0.25) is 4.79 Å². The summed E-state index contributed by atoms with van der Waals surface area (Å²) in [6, 6.07) is 4.70. The Balaban J connectivity index is 2.95. The minimum Gasteiger partial charge on any atom is -0.465 e. The molecule has 0 aliphatic heterocycles. The van der Waals surface area contributed by atoms with E-state index in [0.29, 0.717) is 17.0 Å². The Morgan fingerprint density at radius 2 is 1.86 bits per heavy atom. The number of methoxy groups -OCH3 is 1. The molecule has 0 aliphatic carbocycles. The second-order valence-electron chi connectivity index (χ2n) is 6.68. The zero-order valence-corrected chi connectivity index (χ0v) is 14.1. The summed E-state index contributed by atoms with van der Waals surface area (Å²) in [4.78, 5) is 24.2. The highest BCUT2D eigenvalue weighted by molar-refractivity contribution is 6.31. The fourth-order valence-electron chi connectivity index (χ4n) is 2.58. The molecule has 1 rings (SSSR count). The van der Waals surface area contributed by atoms with Gasteiger partial charge in [0, 0.05) is 17.0 Å². The summed E-state index contributed by atoms with van der Waals surface area (Å²) in [7, 11) is 1.29. The topological polar surface area (TPSA) is 43.4 Å². The van der Waals surface area contributed by atoms with Crippen LogP contribution in [0.25, 0.3) is 0 Å². The van der Waals surface area contributed by atoms with Gasteiger partial charge in [0.15, 0.2) is 5.78 Å². The summed E-state index contributed by atoms with van der Waals surface area (Å²) in [5.41, 5.74) is 0.787. The van der Waals surface area contributed by atoms with Gasteiger partial charge in [0.25, 0.3) is 0 Å². The molecule has 1 unspecified atom stereocenters. The number of rotatable bonds is 5. The van der Waals surface area contributed by atoms with Crippen LogP contribution in [0.2, 0.25) is 5.02 Å². The van der Waals surface area contributed by atoms with E-state index in [1.165, 1.54) is 13.2 Å². The second-order valence-corrected chi connectivity index (χ2v) is 7.12. The molecule has 3 nitrogen and oxygen atoms in total. The first-order valence-electron chi connectivity index (χ1n) is 7.05. The Morgan fingerprint density at radius 3 is 2.38 bits per heavy atom. The Morgan fingerprint density at radius 1 is 1.24 bits per heavy atom. The fraction of sp³-hybridized carbons (Fsp3) is 0.529. The van der Waals surface area contributed by atoms with E-state index in [-0.39, 0.29) is 22.7 Å². The highest BCUT2D eigenvalue weighted by Gasteiger charge is 2.22. The quantitative estimate of drug-likeness (QED) is 0.581. The van der Waals surface area contributed by atoms with Crippen molar-refractivity contribution in [3.8, 4) is 0 Å². The first-order chi connectivity index (χ1) is 9.64. The summed E-state index contributed by atoms with van der Waals surface area (Å²) in [6.45, 7) is 8.50. The summed E-state index contributed by atoms with van der Waals surface area (Å²) in [5, 5.41) is 0.412. The first-order valence-corrected chi connectivity index (χ1v) is 7.43. The maximum Gasteiger partial charge on any atom is 0.338 e. The molecule has 1 aromatic carbocycles. The van der Waals surface area contributed by atoms with Crippen molar-refractivity contribution in [1.82, 2.24) is 0 Å². The van der Waals surface area contributed by atoms with Crippen molar-refractivity contribution in [1.29, 1.82) is 0 Å². The number of halogens is 1. The summed E-state index contributed by atoms with van der Waals surface area (Å²) >= 11 is 5.90. The van der Waals surface area contributed by atoms with E-state index in [4.69, 9.17) is 16.3 Å². The van der Waals surface area contributed by atoms with Crippen LogP contribution in [0, 0.1) is 11.3 Å². The van der Waals surface area contributed by atoms with E-state index in [0.717, 1.165) is 6.42 Å². The number of carbonyl (C=O) groups is 2. The molecule has 0 fully saturated rings. The number of esters is 1. The van der Waals surface area contributed by atoms with Crippen LogP contribution in [0.1, 0.15) is 61.3 Å². The lowest BCUT2D eigenvalue weighted by atomic mass is 9.82. The minimum atomic E-state index is -0.538. The molecule has 1 aromatic rings. The van der Waals surface area contributed by atoms with Gasteiger partial charge in [0.05, 0.1) is 12.7 Å². The van der Waals surface area contributed by atoms with Crippen molar-refractivity contribution in [3.05, 3.63) is 34.3 Å². The molecule has 0 amide bonds. The van der Waals surface area contributed by atoms with Crippen molar-refractivity contribution in [2.45, 2.75) is 40.5 Å². The summed E-state index contributed by atoms with van der Waals surface area (Å²) in [5.74, 6) is -0.341. The van der Waals surface area contributed by atoms with Gasteiger partial charge in [0.2, 0.25) is 0 Å². The monoisotopic (exact) mass is 310 g/mol. The molecule has 0 heterocycles. The van der Waals surface area contributed by atoms with E-state index >= 15 is 0 Å². The van der Waals surface area contributed by atoms with Crippen molar-refractivity contribution < 1.29 is 14.3 Å². The molecule has 0 bridgehead atoms. The standard InChI is InChI=1S/C17H23ClO3/c1-11(10-17(2,3)4)8-15(19)13-7-6-12(18)9-14(13)16(20)21-5/h6-7,9,11H,8,10H2,1-5H3. The maximum absolute atomic E-state index is 12.4. The molecule has 0 radical (unpaired) electrons. The fourth-order valence-corrected chi connectivity index (χ4v) is 2.75. The van der Waals surface area contributed by atoms with Gasteiger partial charge >= 0.3 is 5.97 Å². The highest BCUT2D eigenvalue weighted by atomic mass is 35.5. The van der Waals surface area contributed by atoms with Crippen LogP contribution < -0.4 is 0 Å². The van der Waals surface area contributed by atoms with Gasteiger partial charge in [-0.1, -0.05) is 39.3 Å². The number of hydrogen-bond donors (Lipinski definition) is 0. The average Bonchev–Trinajstić information content (AvgIpc) is 2.35. The zero-order chi connectivity index (χ0) is 16.2. The van der Waals surface area contributed by atoms with Crippen molar-refractivity contribution >= 4 is 23.4 Å². The van der Waals surface area contributed by atoms with E-state index in [2.05, 4.69) is 27.7 Å². The smallest absolute Gasteiger partial charge is 0.338 e. The molecule has 0 aromatic heterocycles. The number of benzene rings is 1. The Bertz CT molecular complexity index is 529. The summed E-state index contributed by atoms with van der Waals surface area (Å²) < 4.78 is 4.72. The minimum absolute atomic E-state index is 0.0520. The van der Waals surface area contributed by atoms with Crippen molar-refractivity contribution in [2.24, 2.45) is 11.3 Å². The van der Waals surface area contributed by atoms with Gasteiger partial charge in [-0.25, -0.2) is 4.79 Å². The van der Waals surface area contributed by atoms with Crippen LogP contribution in [-0.4, -0.2) is 18.9 Å². The third-order valence-corrected chi connectivity index (χ3v) is 3.42. The van der Waals surface area contributed by atoms with Gasteiger partial charge in [-0.05, 0) is 36.0 Å². The van der Waals surface area contributed by atoms with E-state index in [1.54, 1.807) is 12.1 Å². The normalized spacial score (nSPS) is 12.9. The molecule has 116 valence electrons. The predicted octanol–water partition coefficient (Wildman–Crippen LogP) is 4.77. The van der Waals surface area contributed by atoms with Gasteiger partial charge in [-0.15, -0.1) is 0 Å². The predicted molar refractivity (Wildman–Crippen MR) is 85.0 cm³/mol. The third-order valence-electron chi connectivity index (χ3n) is 3.18. The molecular formula is C17H23ClO3. The molecular weight excluding hydrogens is 288 g/mol. The largest absolute Gasteiger partial charge is 0.465 e. The van der Waals surface area contributed by atoms with Crippen LogP contribution in [0.3, 0.4) is 0 Å². The molecule has 21 heavy (non-hydrogen) atoms. The van der Waals surface area contributed by atoms with Crippen LogP contribution >= 0.6 is 11.6 Å². The Labute approximate surface area is 131 Å². The lowest BCUT2D eigenvalue weighted by molar-refractivity contribution is 0.0596. The molecule has 0 spiro atoms. The second kappa shape index (κ2) is 7.08. The van der Waals surface area contributed by atoms with E-state index in [9.17, 15) is 9.59 Å². The number of Topliss-reactive ketones (excluding diaryl/α,β-unsaturated/α-hetero) is 1. The SMILES string of the molecule is COC(=O)c1cc(Cl)ccc1C(=O)CC(C)CC(C)(C)C. The molecule has 0 saturated heterocycles. The third kappa shape index (κ3) is 5.50. The molecule has 4 heteroatoms. The molecule has 0 saturated carbocycles. The zero-order valence-electron chi connectivity index (χ0n) is 13.3. The Hall–Kier alpha value is -1.35. The van der Waals surface area contributed by atoms with E-state index < -0.39 is 5.97 Å². The van der Waals surface area contributed by atoms with Gasteiger partial charge < -0.3 is 4.74 Å². The van der Waals surface area contributed by atoms with E-state index in [1.807, 2.05) is 0 Å². The number of ether oxygens (including phenoxy) is 1. The van der Waals surface area contributed by atoms with Crippen LogP contribution in [0.5, 0.6) is 0 Å². The molecule has 0 aliphatic rings. The summed E-state index contributed by atoms with van der Waals surface area (Å²) in [6.07, 6.45) is 1.35. The number of ketones is 1. The molecule has 0 N–H and O–H groups in total. The van der Waals surface area contributed by atoms with Gasteiger partial charge in [0.1, 0.15) is 0 Å². The molecule has 1 atom stereocenters. The number of hydrogen-bond acceptors (Lipinski definition) is 3. The van der Waals surface area contributed by atoms with Crippen LogP contribution in [-0.2, 0) is 4.74 Å². The number of carbonyl (C=O) groups excluding carboxylic acids is 2. The first kappa shape index (κ1) is 17.7. The Kier molecular flexibility index (Phi) is 5.97. The van der Waals surface area contributed by atoms with Crippen molar-refractivity contribution in [3.63, 3.8) is 0 Å². The lowest BCUT2D eigenvalue weighted by Gasteiger charge is -2.23. The lowest BCUT2D eigenvalue weighted by Crippen LogP contribution is -2.16. The van der Waals surface area contributed by atoms with Gasteiger partial charge in [-0.2, -0.15) is 0 Å². The average molecular weight is 311 g/mol.